The van der Waals surface area contributed by atoms with Crippen molar-refractivity contribution in [3.8, 4) is 5.75 Å². The topological polar surface area (TPSA) is 72.2 Å². The fourth-order valence-corrected chi connectivity index (χ4v) is 6.17. The highest BCUT2D eigenvalue weighted by molar-refractivity contribution is 5.91. The van der Waals surface area contributed by atoms with Crippen LogP contribution in [0, 0.1) is 12.8 Å². The van der Waals surface area contributed by atoms with E-state index in [9.17, 15) is 9.59 Å². The van der Waals surface area contributed by atoms with Gasteiger partial charge in [-0.2, -0.15) is 0 Å². The number of fused-ring (bicyclic) bond motifs is 1. The monoisotopic (exact) mass is 528 g/mol. The van der Waals surface area contributed by atoms with E-state index >= 15 is 0 Å². The molecule has 0 N–H and O–H groups in total. The summed E-state index contributed by atoms with van der Waals surface area (Å²) in [6.45, 7) is 5.29. The fourth-order valence-electron chi connectivity index (χ4n) is 6.17. The van der Waals surface area contributed by atoms with Gasteiger partial charge in [0.25, 0.3) is 5.91 Å². The minimum atomic E-state index is -0.133. The third kappa shape index (κ3) is 5.46. The van der Waals surface area contributed by atoms with Gasteiger partial charge in [-0.1, -0.05) is 48.7 Å². The summed E-state index contributed by atoms with van der Waals surface area (Å²) in [5.41, 5.74) is 4.69. The van der Waals surface area contributed by atoms with Crippen LogP contribution in [0.25, 0.3) is 0 Å². The lowest BCUT2D eigenvalue weighted by molar-refractivity contribution is -0.137. The average molecular weight is 529 g/mol. The molecule has 0 spiro atoms. The van der Waals surface area contributed by atoms with Crippen molar-refractivity contribution >= 4 is 11.8 Å². The molecular formula is C32H36N2O5. The number of carbonyl (C=O) groups excluding carboxylic acids is 2. The second-order valence-corrected chi connectivity index (χ2v) is 10.9. The van der Waals surface area contributed by atoms with Crippen LogP contribution >= 0.6 is 0 Å². The lowest BCUT2D eigenvalue weighted by atomic mass is 9.86. The molecule has 7 nitrogen and oxygen atoms in total. The quantitative estimate of drug-likeness (QED) is 0.434. The maximum absolute atomic E-state index is 13.7. The van der Waals surface area contributed by atoms with Crippen molar-refractivity contribution in [1.82, 2.24) is 9.80 Å². The number of ether oxygens (including phenoxy) is 2. The molecule has 2 amide bonds. The van der Waals surface area contributed by atoms with Crippen molar-refractivity contribution in [1.29, 1.82) is 0 Å². The van der Waals surface area contributed by atoms with Crippen LogP contribution in [0.5, 0.6) is 5.75 Å². The number of hydrogen-bond donors (Lipinski definition) is 0. The lowest BCUT2D eigenvalue weighted by Crippen LogP contribution is -2.43. The summed E-state index contributed by atoms with van der Waals surface area (Å²) in [6.07, 6.45) is 5.10. The fraction of sp³-hybridized carbons (Fsp3) is 0.438. The highest BCUT2D eigenvalue weighted by Crippen LogP contribution is 2.40. The number of rotatable bonds is 6. The number of benzene rings is 2. The third-order valence-electron chi connectivity index (χ3n) is 8.24. The van der Waals surface area contributed by atoms with Gasteiger partial charge < -0.3 is 23.7 Å². The number of furan rings is 1. The van der Waals surface area contributed by atoms with Gasteiger partial charge in [0, 0.05) is 25.6 Å². The van der Waals surface area contributed by atoms with Gasteiger partial charge in [0.2, 0.25) is 5.91 Å². The van der Waals surface area contributed by atoms with E-state index in [0.717, 1.165) is 55.5 Å². The first-order valence-corrected chi connectivity index (χ1v) is 14.2. The Labute approximate surface area is 229 Å². The summed E-state index contributed by atoms with van der Waals surface area (Å²) < 4.78 is 17.3. The molecule has 1 saturated carbocycles. The molecule has 1 saturated heterocycles. The van der Waals surface area contributed by atoms with Gasteiger partial charge in [0.15, 0.2) is 5.76 Å². The SMILES string of the molecule is Cc1cccc([C@H]2c3cc(OCc4ccc(C(=O)N5CCOCC5)o4)ccc3CCN2C(=O)C2CCCC2)c1. The predicted octanol–water partition coefficient (Wildman–Crippen LogP) is 5.30. The highest BCUT2D eigenvalue weighted by atomic mass is 16.5. The first-order valence-electron chi connectivity index (χ1n) is 14.2. The number of carbonyl (C=O) groups is 2. The number of aryl methyl sites for hydroxylation is 1. The van der Waals surface area contributed by atoms with Gasteiger partial charge in [-0.15, -0.1) is 0 Å². The second kappa shape index (κ2) is 11.3. The predicted molar refractivity (Wildman–Crippen MR) is 147 cm³/mol. The summed E-state index contributed by atoms with van der Waals surface area (Å²) in [7, 11) is 0. The molecule has 204 valence electrons. The first kappa shape index (κ1) is 25.7. The van der Waals surface area contributed by atoms with E-state index in [1.54, 1.807) is 17.0 Å². The van der Waals surface area contributed by atoms with E-state index in [1.165, 1.54) is 11.1 Å². The van der Waals surface area contributed by atoms with E-state index in [-0.39, 0.29) is 30.4 Å². The summed E-state index contributed by atoms with van der Waals surface area (Å²) >= 11 is 0. The van der Waals surface area contributed by atoms with Crippen LogP contribution in [-0.4, -0.2) is 54.5 Å². The van der Waals surface area contributed by atoms with Gasteiger partial charge in [-0.25, -0.2) is 0 Å². The van der Waals surface area contributed by atoms with E-state index in [0.29, 0.717) is 37.8 Å². The van der Waals surface area contributed by atoms with Crippen molar-refractivity contribution in [3.63, 3.8) is 0 Å². The molecule has 7 heteroatoms. The van der Waals surface area contributed by atoms with Crippen molar-refractivity contribution < 1.29 is 23.5 Å². The normalized spacial score (nSPS) is 19.7. The van der Waals surface area contributed by atoms with Gasteiger partial charge in [-0.05, 0) is 67.1 Å². The number of morpholine rings is 1. The lowest BCUT2D eigenvalue weighted by Gasteiger charge is -2.39. The zero-order valence-electron chi connectivity index (χ0n) is 22.6. The molecule has 0 unspecified atom stereocenters. The summed E-state index contributed by atoms with van der Waals surface area (Å²) in [6, 6.07) is 18.1. The first-order chi connectivity index (χ1) is 19.1. The Morgan fingerprint density at radius 2 is 1.79 bits per heavy atom. The maximum Gasteiger partial charge on any atom is 0.289 e. The Bertz CT molecular complexity index is 1340. The molecule has 1 aliphatic carbocycles. The number of amides is 2. The molecule has 2 fully saturated rings. The van der Waals surface area contributed by atoms with Gasteiger partial charge in [-0.3, -0.25) is 9.59 Å². The molecular weight excluding hydrogens is 492 g/mol. The van der Waals surface area contributed by atoms with E-state index < -0.39 is 0 Å². The van der Waals surface area contributed by atoms with Crippen LogP contribution in [0.4, 0.5) is 0 Å². The molecule has 1 aromatic heterocycles. The average Bonchev–Trinajstić information content (AvgIpc) is 3.68. The van der Waals surface area contributed by atoms with Gasteiger partial charge in [0.05, 0.1) is 19.3 Å². The molecule has 3 heterocycles. The van der Waals surface area contributed by atoms with E-state index in [1.807, 2.05) is 6.07 Å². The van der Waals surface area contributed by atoms with Crippen LogP contribution < -0.4 is 4.74 Å². The zero-order chi connectivity index (χ0) is 26.8. The molecule has 6 rings (SSSR count). The van der Waals surface area contributed by atoms with Gasteiger partial charge in [0.1, 0.15) is 18.1 Å². The van der Waals surface area contributed by atoms with Gasteiger partial charge >= 0.3 is 0 Å². The van der Waals surface area contributed by atoms with Crippen LogP contribution in [0.2, 0.25) is 0 Å². The van der Waals surface area contributed by atoms with E-state index in [4.69, 9.17) is 13.9 Å². The Kier molecular flexibility index (Phi) is 7.42. The molecule has 3 aromatic rings. The Balaban J connectivity index is 1.22. The summed E-state index contributed by atoms with van der Waals surface area (Å²) in [5, 5.41) is 0. The largest absolute Gasteiger partial charge is 0.486 e. The van der Waals surface area contributed by atoms with Crippen LogP contribution in [0.3, 0.4) is 0 Å². The standard InChI is InChI=1S/C32H36N2O5/c1-22-5-4-8-25(19-22)30-28-20-26(10-9-23(28)13-14-34(30)31(35)24-6-2-3-7-24)38-21-27-11-12-29(39-27)32(36)33-15-17-37-18-16-33/h4-5,8-12,19-20,24,30H,2-3,6-7,13-18,21H2,1H3/t30-/m0/s1. The molecule has 3 aliphatic rings. The zero-order valence-corrected chi connectivity index (χ0v) is 22.6. The molecule has 0 bridgehead atoms. The van der Waals surface area contributed by atoms with Crippen molar-refractivity contribution in [2.75, 3.05) is 32.8 Å². The maximum atomic E-state index is 13.7. The number of nitrogens with zero attached hydrogens (tertiary/aromatic N) is 2. The molecule has 2 aliphatic heterocycles. The Hall–Kier alpha value is -3.58. The third-order valence-corrected chi connectivity index (χ3v) is 8.24. The molecule has 39 heavy (non-hydrogen) atoms. The van der Waals surface area contributed by atoms with E-state index in [2.05, 4.69) is 48.2 Å². The summed E-state index contributed by atoms with van der Waals surface area (Å²) in [5.74, 6) is 1.93. The van der Waals surface area contributed by atoms with Crippen molar-refractivity contribution in [2.45, 2.75) is 51.7 Å². The molecule has 2 aromatic carbocycles. The smallest absolute Gasteiger partial charge is 0.289 e. The highest BCUT2D eigenvalue weighted by Gasteiger charge is 2.36. The Morgan fingerprint density at radius 3 is 2.59 bits per heavy atom. The number of hydrogen-bond acceptors (Lipinski definition) is 5. The van der Waals surface area contributed by atoms with Crippen LogP contribution in [-0.2, 0) is 22.6 Å². The van der Waals surface area contributed by atoms with Crippen LogP contribution in [0.1, 0.15) is 70.3 Å². The van der Waals surface area contributed by atoms with Crippen LogP contribution in [0.15, 0.2) is 59.0 Å². The minimum Gasteiger partial charge on any atom is -0.486 e. The molecule has 0 radical (unpaired) electrons. The molecule has 1 atom stereocenters. The second-order valence-electron chi connectivity index (χ2n) is 10.9. The van der Waals surface area contributed by atoms with Crippen molar-refractivity contribution in [3.05, 3.63) is 88.4 Å². The Morgan fingerprint density at radius 1 is 0.974 bits per heavy atom. The minimum absolute atomic E-state index is 0.119. The van der Waals surface area contributed by atoms with Crippen molar-refractivity contribution in [2.24, 2.45) is 5.92 Å². The summed E-state index contributed by atoms with van der Waals surface area (Å²) in [4.78, 5) is 30.3.